The summed E-state index contributed by atoms with van der Waals surface area (Å²) in [7, 11) is 2.99. The predicted octanol–water partition coefficient (Wildman–Crippen LogP) is 4.46. The second kappa shape index (κ2) is 8.65. The fourth-order valence-corrected chi connectivity index (χ4v) is 4.18. The van der Waals surface area contributed by atoms with Crippen LogP contribution in [0.15, 0.2) is 34.2 Å². The minimum atomic E-state index is -6.41. The zero-order valence-electron chi connectivity index (χ0n) is 15.3. The Labute approximate surface area is 174 Å². The van der Waals surface area contributed by atoms with E-state index in [0.29, 0.717) is 5.17 Å². The van der Waals surface area contributed by atoms with E-state index < -0.39 is 45.2 Å². The summed E-state index contributed by atoms with van der Waals surface area (Å²) in [5, 5.41) is -3.30. The van der Waals surface area contributed by atoms with E-state index in [1.165, 1.54) is 19.0 Å². The van der Waals surface area contributed by atoms with Crippen LogP contribution < -0.4 is 5.32 Å². The van der Waals surface area contributed by atoms with Gasteiger partial charge in [0, 0.05) is 31.1 Å². The van der Waals surface area contributed by atoms with Gasteiger partial charge in [0.05, 0.1) is 0 Å². The topological polar surface area (TPSA) is 61.8 Å². The molecule has 2 amide bonds. The van der Waals surface area contributed by atoms with Gasteiger partial charge in [-0.15, -0.1) is 0 Å². The molecule has 2 rings (SSSR count). The molecule has 1 aliphatic rings. The molecule has 1 atom stereocenters. The summed E-state index contributed by atoms with van der Waals surface area (Å²) < 4.78 is 89.3. The quantitative estimate of drug-likeness (QED) is 0.486. The van der Waals surface area contributed by atoms with Gasteiger partial charge in [-0.05, 0) is 36.0 Å². The van der Waals surface area contributed by atoms with Gasteiger partial charge < -0.3 is 5.32 Å². The molecule has 0 aromatic heterocycles. The van der Waals surface area contributed by atoms with Crippen LogP contribution in [0.25, 0.3) is 0 Å². The van der Waals surface area contributed by atoms with Crippen molar-refractivity contribution in [3.05, 3.63) is 24.3 Å². The van der Waals surface area contributed by atoms with Crippen LogP contribution in [-0.2, 0) is 9.59 Å². The summed E-state index contributed by atoms with van der Waals surface area (Å²) in [6, 6.07) is 3.87. The lowest BCUT2D eigenvalue weighted by Crippen LogP contribution is -2.49. The zero-order chi connectivity index (χ0) is 22.9. The molecule has 1 unspecified atom stereocenters. The van der Waals surface area contributed by atoms with E-state index in [9.17, 15) is 40.3 Å². The van der Waals surface area contributed by atoms with Crippen molar-refractivity contribution in [2.45, 2.75) is 33.9 Å². The molecule has 14 heteroatoms. The number of benzene rings is 1. The average molecular weight is 477 g/mol. The number of thioether (sulfide) groups is 2. The third-order valence-electron chi connectivity index (χ3n) is 3.81. The van der Waals surface area contributed by atoms with Crippen LogP contribution in [0.1, 0.15) is 6.42 Å². The van der Waals surface area contributed by atoms with Crippen molar-refractivity contribution in [1.82, 2.24) is 4.90 Å². The van der Waals surface area contributed by atoms with E-state index >= 15 is 0 Å². The first-order valence-electron chi connectivity index (χ1n) is 8.02. The Hall–Kier alpha value is -1.96. The number of nitrogens with one attached hydrogen (secondary N) is 1. The summed E-state index contributed by atoms with van der Waals surface area (Å²) in [6.07, 6.45) is -6.62. The molecule has 1 aliphatic heterocycles. The van der Waals surface area contributed by atoms with Crippen molar-refractivity contribution < 1.29 is 40.3 Å². The van der Waals surface area contributed by atoms with Gasteiger partial charge in [-0.1, -0.05) is 11.8 Å². The number of anilines is 1. The van der Waals surface area contributed by atoms with Gasteiger partial charge in [-0.3, -0.25) is 19.5 Å². The summed E-state index contributed by atoms with van der Waals surface area (Å²) in [5.74, 6) is -7.13. The molecule has 166 valence electrons. The van der Waals surface area contributed by atoms with E-state index in [2.05, 4.69) is 10.3 Å². The molecule has 0 aliphatic carbocycles. The lowest BCUT2D eigenvalue weighted by molar-refractivity contribution is -0.330. The largest absolute Gasteiger partial charge is 0.460 e. The first-order chi connectivity index (χ1) is 13.7. The van der Waals surface area contributed by atoms with Crippen LogP contribution in [0.5, 0.6) is 0 Å². The number of alkyl halides is 7. The Balaban J connectivity index is 2.00. The number of amidine groups is 1. The molecule has 1 aromatic rings. The molecule has 0 saturated carbocycles. The third kappa shape index (κ3) is 5.02. The first-order valence-corrected chi connectivity index (χ1v) is 9.71. The van der Waals surface area contributed by atoms with Crippen LogP contribution in [-0.4, -0.2) is 58.6 Å². The Morgan fingerprint density at radius 1 is 1.17 bits per heavy atom. The Morgan fingerprint density at radius 3 is 2.20 bits per heavy atom. The van der Waals surface area contributed by atoms with Gasteiger partial charge in [0.15, 0.2) is 5.17 Å². The van der Waals surface area contributed by atoms with Gasteiger partial charge in [0.1, 0.15) is 5.25 Å². The van der Waals surface area contributed by atoms with Gasteiger partial charge in [0.2, 0.25) is 11.8 Å². The predicted molar refractivity (Wildman–Crippen MR) is 99.0 cm³/mol. The Morgan fingerprint density at radius 2 is 1.73 bits per heavy atom. The molecule has 0 spiro atoms. The average Bonchev–Trinajstić information content (AvgIpc) is 2.89. The van der Waals surface area contributed by atoms with Crippen molar-refractivity contribution in [3.63, 3.8) is 0 Å². The molecule has 0 radical (unpaired) electrons. The maximum absolute atomic E-state index is 13.4. The minimum absolute atomic E-state index is 0.0865. The highest BCUT2D eigenvalue weighted by molar-refractivity contribution is 8.15. The smallest absolute Gasteiger partial charge is 0.326 e. The van der Waals surface area contributed by atoms with Gasteiger partial charge >= 0.3 is 17.4 Å². The van der Waals surface area contributed by atoms with Crippen molar-refractivity contribution in [1.29, 1.82) is 0 Å². The number of carbonyl (C=O) groups excluding carboxylic acids is 2. The van der Waals surface area contributed by atoms with Crippen LogP contribution in [0, 0.1) is 0 Å². The van der Waals surface area contributed by atoms with Crippen LogP contribution >= 0.6 is 23.5 Å². The number of carbonyl (C=O) groups is 2. The molecule has 1 saturated heterocycles. The Kier molecular flexibility index (Phi) is 7.01. The van der Waals surface area contributed by atoms with Crippen LogP contribution in [0.4, 0.5) is 36.4 Å². The SMILES string of the molecule is CN=C1SC(CC(=O)Nc2ccc(SC(F)(F)C(F)(F)C(F)(F)F)cc2)C(=O)N1C. The molecule has 30 heavy (non-hydrogen) atoms. The molecular formula is C16H14F7N3O2S2. The van der Waals surface area contributed by atoms with Crippen molar-refractivity contribution in [3.8, 4) is 0 Å². The molecule has 1 N–H and O–H groups in total. The summed E-state index contributed by atoms with van der Waals surface area (Å²) in [4.78, 5) is 28.7. The fraction of sp³-hybridized carbons (Fsp3) is 0.438. The number of rotatable bonds is 6. The standard InChI is InChI=1S/C16H14F7N3O2S2/c1-24-13-26(2)12(28)10(29-13)7-11(27)25-8-3-5-9(6-4-8)30-16(22,23)14(17,18)15(19,20)21/h3-6,10H,7H2,1-2H3,(H,25,27). The Bertz CT molecular complexity index is 844. The van der Waals surface area contributed by atoms with E-state index in [4.69, 9.17) is 0 Å². The van der Waals surface area contributed by atoms with Crippen molar-refractivity contribution >= 4 is 46.2 Å². The molecule has 5 nitrogen and oxygen atoms in total. The van der Waals surface area contributed by atoms with E-state index in [0.717, 1.165) is 36.0 Å². The van der Waals surface area contributed by atoms with Crippen molar-refractivity contribution in [2.24, 2.45) is 4.99 Å². The zero-order valence-corrected chi connectivity index (χ0v) is 16.9. The second-order valence-corrected chi connectivity index (χ2v) is 8.34. The summed E-state index contributed by atoms with van der Waals surface area (Å²) in [5.41, 5.74) is 0.0865. The molecule has 0 bridgehead atoms. The number of amides is 2. The lowest BCUT2D eigenvalue weighted by atomic mass is 10.2. The highest BCUT2D eigenvalue weighted by Gasteiger charge is 2.73. The summed E-state index contributed by atoms with van der Waals surface area (Å²) >= 11 is 0.149. The molecular weight excluding hydrogens is 463 g/mol. The molecule has 1 heterocycles. The lowest BCUT2D eigenvalue weighted by Gasteiger charge is -2.27. The van der Waals surface area contributed by atoms with E-state index in [-0.39, 0.29) is 18.0 Å². The summed E-state index contributed by atoms with van der Waals surface area (Å²) in [6.45, 7) is 0. The number of aliphatic imine (C=N–C) groups is 1. The fourth-order valence-electron chi connectivity index (χ4n) is 2.26. The van der Waals surface area contributed by atoms with Gasteiger partial charge in [0.25, 0.3) is 0 Å². The highest BCUT2D eigenvalue weighted by atomic mass is 32.2. The number of nitrogens with zero attached hydrogens (tertiary/aromatic N) is 2. The second-order valence-electron chi connectivity index (χ2n) is 5.98. The van der Waals surface area contributed by atoms with E-state index in [1.54, 1.807) is 0 Å². The van der Waals surface area contributed by atoms with Gasteiger partial charge in [-0.2, -0.15) is 30.7 Å². The normalized spacial score (nSPS) is 19.5. The highest BCUT2D eigenvalue weighted by Crippen LogP contribution is 2.53. The number of hydrogen-bond acceptors (Lipinski definition) is 5. The number of halogens is 7. The monoisotopic (exact) mass is 477 g/mol. The third-order valence-corrected chi connectivity index (χ3v) is 6.15. The maximum Gasteiger partial charge on any atom is 0.460 e. The molecule has 1 aromatic carbocycles. The van der Waals surface area contributed by atoms with E-state index in [1.807, 2.05) is 0 Å². The first kappa shape index (κ1) is 24.3. The van der Waals surface area contributed by atoms with Gasteiger partial charge in [-0.25, -0.2) is 0 Å². The number of hydrogen-bond donors (Lipinski definition) is 1. The minimum Gasteiger partial charge on any atom is -0.326 e. The van der Waals surface area contributed by atoms with Crippen molar-refractivity contribution in [2.75, 3.05) is 19.4 Å². The maximum atomic E-state index is 13.4. The molecule has 1 fully saturated rings. The van der Waals surface area contributed by atoms with Crippen LogP contribution in [0.3, 0.4) is 0 Å². The van der Waals surface area contributed by atoms with Crippen LogP contribution in [0.2, 0.25) is 0 Å².